The van der Waals surface area contributed by atoms with Gasteiger partial charge < -0.3 is 8.84 Å². The summed E-state index contributed by atoms with van der Waals surface area (Å²) < 4.78 is 11.7. The van der Waals surface area contributed by atoms with Gasteiger partial charge in [0.05, 0.1) is 6.26 Å². The van der Waals surface area contributed by atoms with E-state index in [1.807, 2.05) is 48.5 Å². The standard InChI is InChI=1S/C20H21NO2Si/c1-15-11-12-17(19(14-15)23-24(2)3)21-20(18-10-7-13-22-18)16-8-5-4-6-9-16/h4-14,24H,1-3H3. The van der Waals surface area contributed by atoms with Crippen molar-refractivity contribution in [2.75, 3.05) is 0 Å². The Morgan fingerprint density at radius 1 is 1.00 bits per heavy atom. The summed E-state index contributed by atoms with van der Waals surface area (Å²) in [7, 11) is -1.22. The van der Waals surface area contributed by atoms with Crippen molar-refractivity contribution in [3.8, 4) is 5.75 Å². The fourth-order valence-corrected chi connectivity index (χ4v) is 3.15. The van der Waals surface area contributed by atoms with Crippen LogP contribution in [0.2, 0.25) is 13.1 Å². The lowest BCUT2D eigenvalue weighted by molar-refractivity contribution is 0.558. The number of hydrogen-bond acceptors (Lipinski definition) is 3. The number of furan rings is 1. The third kappa shape index (κ3) is 3.84. The van der Waals surface area contributed by atoms with E-state index in [4.69, 9.17) is 13.8 Å². The first kappa shape index (κ1) is 16.3. The number of aliphatic imine (C=N–C) groups is 1. The fraction of sp³-hybridized carbons (Fsp3) is 0.150. The Morgan fingerprint density at radius 3 is 2.46 bits per heavy atom. The van der Waals surface area contributed by atoms with Gasteiger partial charge in [-0.3, -0.25) is 0 Å². The second-order valence-corrected chi connectivity index (χ2v) is 8.27. The predicted molar refractivity (Wildman–Crippen MR) is 101 cm³/mol. The highest BCUT2D eigenvalue weighted by Gasteiger charge is 2.13. The molecule has 0 N–H and O–H groups in total. The van der Waals surface area contributed by atoms with E-state index in [1.54, 1.807) is 6.26 Å². The Bertz CT molecular complexity index is 824. The molecule has 0 aliphatic carbocycles. The molecule has 0 aliphatic rings. The Labute approximate surface area is 144 Å². The van der Waals surface area contributed by atoms with Crippen LogP contribution in [0.3, 0.4) is 0 Å². The molecule has 4 heteroatoms. The second kappa shape index (κ2) is 7.32. The lowest BCUT2D eigenvalue weighted by atomic mass is 10.1. The largest absolute Gasteiger partial charge is 0.546 e. The highest BCUT2D eigenvalue weighted by molar-refractivity contribution is 6.49. The molecule has 2 aromatic carbocycles. The zero-order valence-corrected chi connectivity index (χ0v) is 15.3. The lowest BCUT2D eigenvalue weighted by Crippen LogP contribution is -2.11. The van der Waals surface area contributed by atoms with Gasteiger partial charge in [0.15, 0.2) is 5.76 Å². The summed E-state index contributed by atoms with van der Waals surface area (Å²) in [6.07, 6.45) is 1.67. The molecule has 0 bridgehead atoms. The number of benzene rings is 2. The van der Waals surface area contributed by atoms with Gasteiger partial charge in [-0.25, -0.2) is 4.99 Å². The molecule has 0 aliphatic heterocycles. The van der Waals surface area contributed by atoms with Crippen molar-refractivity contribution in [3.05, 3.63) is 83.8 Å². The Morgan fingerprint density at radius 2 is 1.79 bits per heavy atom. The molecule has 0 atom stereocenters. The molecule has 122 valence electrons. The molecule has 0 spiro atoms. The molecule has 0 radical (unpaired) electrons. The SMILES string of the molecule is Cc1ccc(N=C(c2ccccc2)c2ccco2)c(O[SiH](C)C)c1. The first-order valence-electron chi connectivity index (χ1n) is 8.09. The van der Waals surface area contributed by atoms with E-state index in [0.717, 1.165) is 34.0 Å². The van der Waals surface area contributed by atoms with Crippen LogP contribution < -0.4 is 4.43 Å². The fourth-order valence-electron chi connectivity index (χ4n) is 2.45. The van der Waals surface area contributed by atoms with Crippen molar-refractivity contribution < 1.29 is 8.84 Å². The van der Waals surface area contributed by atoms with Crippen LogP contribution in [0.4, 0.5) is 5.69 Å². The molecule has 3 nitrogen and oxygen atoms in total. The monoisotopic (exact) mass is 335 g/mol. The summed E-state index contributed by atoms with van der Waals surface area (Å²) in [6.45, 7) is 6.37. The molecular formula is C20H21NO2Si. The number of nitrogens with zero attached hydrogens (tertiary/aromatic N) is 1. The van der Waals surface area contributed by atoms with Crippen LogP contribution in [-0.4, -0.2) is 14.8 Å². The first-order valence-corrected chi connectivity index (χ1v) is 10.9. The molecule has 3 aromatic rings. The van der Waals surface area contributed by atoms with Crippen LogP contribution in [-0.2, 0) is 0 Å². The summed E-state index contributed by atoms with van der Waals surface area (Å²) in [5.41, 5.74) is 3.82. The molecule has 3 rings (SSSR count). The van der Waals surface area contributed by atoms with Crippen LogP contribution in [0.25, 0.3) is 0 Å². The van der Waals surface area contributed by atoms with E-state index in [9.17, 15) is 0 Å². The zero-order chi connectivity index (χ0) is 16.9. The molecule has 0 fully saturated rings. The van der Waals surface area contributed by atoms with Gasteiger partial charge in [-0.05, 0) is 49.8 Å². The van der Waals surface area contributed by atoms with Crippen LogP contribution in [0.15, 0.2) is 76.3 Å². The quantitative estimate of drug-likeness (QED) is 0.479. The van der Waals surface area contributed by atoms with Gasteiger partial charge in [0, 0.05) is 5.56 Å². The molecule has 0 saturated heterocycles. The normalized spacial score (nSPS) is 11.8. The minimum Gasteiger partial charge on any atom is -0.546 e. The van der Waals surface area contributed by atoms with E-state index < -0.39 is 9.04 Å². The third-order valence-electron chi connectivity index (χ3n) is 3.51. The third-order valence-corrected chi connectivity index (χ3v) is 4.24. The summed E-state index contributed by atoms with van der Waals surface area (Å²) in [5.74, 6) is 1.59. The van der Waals surface area contributed by atoms with E-state index in [1.165, 1.54) is 0 Å². The second-order valence-electron chi connectivity index (χ2n) is 5.94. The van der Waals surface area contributed by atoms with Crippen molar-refractivity contribution in [3.63, 3.8) is 0 Å². The molecule has 0 unspecified atom stereocenters. The van der Waals surface area contributed by atoms with Gasteiger partial charge in [0.1, 0.15) is 17.1 Å². The maximum absolute atomic E-state index is 6.08. The average Bonchev–Trinajstić information content (AvgIpc) is 3.08. The summed E-state index contributed by atoms with van der Waals surface area (Å²) >= 11 is 0. The Balaban J connectivity index is 2.12. The number of rotatable bonds is 5. The lowest BCUT2D eigenvalue weighted by Gasteiger charge is -2.13. The van der Waals surface area contributed by atoms with Crippen LogP contribution in [0, 0.1) is 6.92 Å². The molecule has 1 aromatic heterocycles. The van der Waals surface area contributed by atoms with Gasteiger partial charge >= 0.3 is 0 Å². The van der Waals surface area contributed by atoms with Crippen molar-refractivity contribution in [2.24, 2.45) is 4.99 Å². The molecular weight excluding hydrogens is 314 g/mol. The average molecular weight is 335 g/mol. The van der Waals surface area contributed by atoms with E-state index in [-0.39, 0.29) is 0 Å². The number of hydrogen-bond donors (Lipinski definition) is 0. The highest BCUT2D eigenvalue weighted by Crippen LogP contribution is 2.31. The number of aryl methyl sites for hydroxylation is 1. The van der Waals surface area contributed by atoms with E-state index >= 15 is 0 Å². The topological polar surface area (TPSA) is 34.7 Å². The zero-order valence-electron chi connectivity index (χ0n) is 14.2. The van der Waals surface area contributed by atoms with E-state index in [0.29, 0.717) is 0 Å². The minimum atomic E-state index is -1.22. The molecule has 24 heavy (non-hydrogen) atoms. The van der Waals surface area contributed by atoms with Gasteiger partial charge in [-0.1, -0.05) is 36.4 Å². The van der Waals surface area contributed by atoms with Crippen LogP contribution in [0.1, 0.15) is 16.9 Å². The Kier molecular flexibility index (Phi) is 4.96. The summed E-state index contributed by atoms with van der Waals surface area (Å²) in [6, 6.07) is 20.0. The van der Waals surface area contributed by atoms with Crippen molar-refractivity contribution in [2.45, 2.75) is 20.0 Å². The first-order chi connectivity index (χ1) is 11.6. The maximum atomic E-state index is 6.08. The van der Waals surface area contributed by atoms with E-state index in [2.05, 4.69) is 32.2 Å². The molecule has 1 heterocycles. The van der Waals surface area contributed by atoms with Gasteiger partial charge in [0.25, 0.3) is 0 Å². The van der Waals surface area contributed by atoms with Crippen LogP contribution in [0.5, 0.6) is 5.75 Å². The summed E-state index contributed by atoms with van der Waals surface area (Å²) in [5, 5.41) is 0. The molecule has 0 amide bonds. The smallest absolute Gasteiger partial charge is 0.229 e. The van der Waals surface area contributed by atoms with Gasteiger partial charge in [-0.2, -0.15) is 0 Å². The van der Waals surface area contributed by atoms with Crippen LogP contribution >= 0.6 is 0 Å². The molecule has 0 saturated carbocycles. The van der Waals surface area contributed by atoms with Gasteiger partial charge in [0.2, 0.25) is 9.04 Å². The maximum Gasteiger partial charge on any atom is 0.229 e. The Hall–Kier alpha value is -2.59. The minimum absolute atomic E-state index is 0.745. The predicted octanol–water partition coefficient (Wildman–Crippen LogP) is 5.12. The van der Waals surface area contributed by atoms with Crippen molar-refractivity contribution >= 4 is 20.4 Å². The van der Waals surface area contributed by atoms with Crippen molar-refractivity contribution in [1.29, 1.82) is 0 Å². The van der Waals surface area contributed by atoms with Gasteiger partial charge in [-0.15, -0.1) is 0 Å². The highest BCUT2D eigenvalue weighted by atomic mass is 28.3. The summed E-state index contributed by atoms with van der Waals surface area (Å²) in [4.78, 5) is 4.89. The van der Waals surface area contributed by atoms with Crippen molar-refractivity contribution in [1.82, 2.24) is 0 Å².